The van der Waals surface area contributed by atoms with Gasteiger partial charge in [0.2, 0.25) is 0 Å². The molecule has 2 unspecified atom stereocenters. The van der Waals surface area contributed by atoms with Crippen molar-refractivity contribution < 1.29 is 9.84 Å². The average molecular weight is 256 g/mol. The van der Waals surface area contributed by atoms with E-state index in [-0.39, 0.29) is 18.8 Å². The van der Waals surface area contributed by atoms with Crippen LogP contribution in [0, 0.1) is 0 Å². The summed E-state index contributed by atoms with van der Waals surface area (Å²) in [5.41, 5.74) is 1.09. The molecule has 0 saturated carbocycles. The molecule has 1 aromatic carbocycles. The Bertz CT molecular complexity index is 384. The zero-order chi connectivity index (χ0) is 12.3. The smallest absolute Gasteiger partial charge is 0.124 e. The van der Waals surface area contributed by atoms with Crippen LogP contribution in [0.4, 0.5) is 0 Å². The van der Waals surface area contributed by atoms with E-state index in [9.17, 15) is 5.11 Å². The summed E-state index contributed by atoms with van der Waals surface area (Å²) in [7, 11) is 0. The third-order valence-corrected chi connectivity index (χ3v) is 3.22. The summed E-state index contributed by atoms with van der Waals surface area (Å²) in [5, 5.41) is 13.4. The molecule has 17 heavy (non-hydrogen) atoms. The minimum atomic E-state index is -0.127. The fourth-order valence-corrected chi connectivity index (χ4v) is 2.32. The molecule has 1 aromatic rings. The third kappa shape index (κ3) is 2.92. The number of aliphatic hydroxyl groups is 1. The molecular formula is C13H18ClNO2. The SMILES string of the molecule is CCCNC1CC(CO)Oc2ccc(Cl)cc21. The normalized spacial score (nSPS) is 23.0. The Morgan fingerprint density at radius 2 is 2.35 bits per heavy atom. The Balaban J connectivity index is 2.24. The van der Waals surface area contributed by atoms with Crippen LogP contribution in [0.15, 0.2) is 18.2 Å². The number of hydrogen-bond donors (Lipinski definition) is 2. The summed E-state index contributed by atoms with van der Waals surface area (Å²) in [6.07, 6.45) is 1.74. The molecule has 0 saturated heterocycles. The first kappa shape index (κ1) is 12.7. The zero-order valence-electron chi connectivity index (χ0n) is 9.95. The highest BCUT2D eigenvalue weighted by molar-refractivity contribution is 6.30. The maximum absolute atomic E-state index is 9.24. The molecule has 1 heterocycles. The minimum absolute atomic E-state index is 0.0480. The van der Waals surface area contributed by atoms with E-state index in [2.05, 4.69) is 12.2 Å². The Morgan fingerprint density at radius 1 is 1.53 bits per heavy atom. The number of ether oxygens (including phenoxy) is 1. The summed E-state index contributed by atoms with van der Waals surface area (Å²) >= 11 is 6.01. The second-order valence-electron chi connectivity index (χ2n) is 4.35. The maximum atomic E-state index is 9.24. The summed E-state index contributed by atoms with van der Waals surface area (Å²) in [6.45, 7) is 3.13. The van der Waals surface area contributed by atoms with Gasteiger partial charge in [-0.3, -0.25) is 0 Å². The molecule has 0 fully saturated rings. The molecule has 4 heteroatoms. The Hall–Kier alpha value is -0.770. The van der Waals surface area contributed by atoms with Crippen LogP contribution in [0.2, 0.25) is 5.02 Å². The van der Waals surface area contributed by atoms with E-state index in [0.29, 0.717) is 0 Å². The number of aliphatic hydroxyl groups excluding tert-OH is 1. The number of rotatable bonds is 4. The standard InChI is InChI=1S/C13H18ClNO2/c1-2-5-15-12-7-10(8-16)17-13-4-3-9(14)6-11(12)13/h3-4,6,10,12,15-16H,2,5,7-8H2,1H3. The lowest BCUT2D eigenvalue weighted by atomic mass is 9.96. The molecule has 0 amide bonds. The molecule has 2 N–H and O–H groups in total. The van der Waals surface area contributed by atoms with E-state index < -0.39 is 0 Å². The van der Waals surface area contributed by atoms with Crippen LogP contribution in [-0.2, 0) is 0 Å². The van der Waals surface area contributed by atoms with Crippen LogP contribution in [0.3, 0.4) is 0 Å². The lowest BCUT2D eigenvalue weighted by Gasteiger charge is -2.32. The minimum Gasteiger partial charge on any atom is -0.488 e. The van der Waals surface area contributed by atoms with Gasteiger partial charge in [-0.2, -0.15) is 0 Å². The molecule has 2 rings (SSSR count). The lowest BCUT2D eigenvalue weighted by Crippen LogP contribution is -2.35. The van der Waals surface area contributed by atoms with Gasteiger partial charge in [-0.25, -0.2) is 0 Å². The largest absolute Gasteiger partial charge is 0.488 e. The first-order chi connectivity index (χ1) is 8.24. The number of halogens is 1. The molecule has 1 aliphatic heterocycles. The number of hydrogen-bond acceptors (Lipinski definition) is 3. The van der Waals surface area contributed by atoms with Crippen LogP contribution in [0.5, 0.6) is 5.75 Å². The predicted octanol–water partition coefficient (Wildman–Crippen LogP) is 2.52. The van der Waals surface area contributed by atoms with Gasteiger partial charge in [0.15, 0.2) is 0 Å². The summed E-state index contributed by atoms with van der Waals surface area (Å²) in [4.78, 5) is 0. The van der Waals surface area contributed by atoms with Crippen molar-refractivity contribution in [3.8, 4) is 5.75 Å². The second kappa shape index (κ2) is 5.71. The van der Waals surface area contributed by atoms with Crippen molar-refractivity contribution in [2.24, 2.45) is 0 Å². The van der Waals surface area contributed by atoms with Crippen molar-refractivity contribution in [2.45, 2.75) is 31.9 Å². The Labute approximate surface area is 107 Å². The van der Waals surface area contributed by atoms with Crippen molar-refractivity contribution in [2.75, 3.05) is 13.2 Å². The molecule has 94 valence electrons. The van der Waals surface area contributed by atoms with Gasteiger partial charge in [0.1, 0.15) is 11.9 Å². The summed E-state index contributed by atoms with van der Waals surface area (Å²) < 4.78 is 5.70. The predicted molar refractivity (Wildman–Crippen MR) is 68.6 cm³/mol. The van der Waals surface area contributed by atoms with Crippen molar-refractivity contribution in [1.29, 1.82) is 0 Å². The van der Waals surface area contributed by atoms with Crippen LogP contribution >= 0.6 is 11.6 Å². The van der Waals surface area contributed by atoms with Crippen LogP contribution in [0.25, 0.3) is 0 Å². The van der Waals surface area contributed by atoms with E-state index in [4.69, 9.17) is 16.3 Å². The third-order valence-electron chi connectivity index (χ3n) is 2.98. The van der Waals surface area contributed by atoms with Crippen LogP contribution in [-0.4, -0.2) is 24.4 Å². The topological polar surface area (TPSA) is 41.5 Å². The van der Waals surface area contributed by atoms with E-state index >= 15 is 0 Å². The molecule has 1 aliphatic rings. The van der Waals surface area contributed by atoms with Crippen molar-refractivity contribution in [1.82, 2.24) is 5.32 Å². The number of benzene rings is 1. The van der Waals surface area contributed by atoms with E-state index in [1.165, 1.54) is 0 Å². The molecule has 0 radical (unpaired) electrons. The van der Waals surface area contributed by atoms with Crippen LogP contribution < -0.4 is 10.1 Å². The highest BCUT2D eigenvalue weighted by Crippen LogP contribution is 2.36. The van der Waals surface area contributed by atoms with E-state index in [1.54, 1.807) is 0 Å². The fraction of sp³-hybridized carbons (Fsp3) is 0.538. The van der Waals surface area contributed by atoms with Crippen LogP contribution in [0.1, 0.15) is 31.4 Å². The van der Waals surface area contributed by atoms with Crippen molar-refractivity contribution in [3.63, 3.8) is 0 Å². The molecule has 3 nitrogen and oxygen atoms in total. The molecular weight excluding hydrogens is 238 g/mol. The quantitative estimate of drug-likeness (QED) is 0.869. The van der Waals surface area contributed by atoms with Gasteiger partial charge < -0.3 is 15.2 Å². The Morgan fingerprint density at radius 3 is 3.06 bits per heavy atom. The molecule has 0 aliphatic carbocycles. The van der Waals surface area contributed by atoms with Gasteiger partial charge in [-0.15, -0.1) is 0 Å². The van der Waals surface area contributed by atoms with Gasteiger partial charge in [0, 0.05) is 23.0 Å². The number of fused-ring (bicyclic) bond motifs is 1. The average Bonchev–Trinajstić information content (AvgIpc) is 2.35. The highest BCUT2D eigenvalue weighted by atomic mass is 35.5. The molecule has 2 atom stereocenters. The van der Waals surface area contributed by atoms with Crippen molar-refractivity contribution in [3.05, 3.63) is 28.8 Å². The highest BCUT2D eigenvalue weighted by Gasteiger charge is 2.27. The molecule has 0 spiro atoms. The number of nitrogens with one attached hydrogen (secondary N) is 1. The monoisotopic (exact) mass is 255 g/mol. The van der Waals surface area contributed by atoms with Gasteiger partial charge in [-0.05, 0) is 31.2 Å². The van der Waals surface area contributed by atoms with Gasteiger partial charge >= 0.3 is 0 Å². The summed E-state index contributed by atoms with van der Waals surface area (Å²) in [5.74, 6) is 0.827. The van der Waals surface area contributed by atoms with Gasteiger partial charge in [-0.1, -0.05) is 18.5 Å². The lowest BCUT2D eigenvalue weighted by molar-refractivity contribution is 0.0835. The second-order valence-corrected chi connectivity index (χ2v) is 4.78. The maximum Gasteiger partial charge on any atom is 0.124 e. The fourth-order valence-electron chi connectivity index (χ4n) is 2.14. The van der Waals surface area contributed by atoms with E-state index in [0.717, 1.165) is 35.7 Å². The molecule has 0 bridgehead atoms. The van der Waals surface area contributed by atoms with Gasteiger partial charge in [0.25, 0.3) is 0 Å². The van der Waals surface area contributed by atoms with Gasteiger partial charge in [0.05, 0.1) is 6.61 Å². The van der Waals surface area contributed by atoms with Crippen molar-refractivity contribution >= 4 is 11.6 Å². The first-order valence-electron chi connectivity index (χ1n) is 6.05. The molecule has 0 aromatic heterocycles. The van der Waals surface area contributed by atoms with E-state index in [1.807, 2.05) is 18.2 Å². The Kier molecular flexibility index (Phi) is 4.26. The summed E-state index contributed by atoms with van der Waals surface area (Å²) in [6, 6.07) is 5.85. The zero-order valence-corrected chi connectivity index (χ0v) is 10.7. The first-order valence-corrected chi connectivity index (χ1v) is 6.42.